The van der Waals surface area contributed by atoms with E-state index in [9.17, 15) is 0 Å². The first-order valence-corrected chi connectivity index (χ1v) is 16.7. The van der Waals surface area contributed by atoms with Gasteiger partial charge >= 0.3 is 0 Å². The zero-order valence-corrected chi connectivity index (χ0v) is 26.3. The van der Waals surface area contributed by atoms with E-state index >= 15 is 0 Å². The Balaban J connectivity index is 1.10. The fourth-order valence-corrected chi connectivity index (χ4v) is 7.71. The van der Waals surface area contributed by atoms with Crippen molar-refractivity contribution in [2.75, 3.05) is 0 Å². The molecule has 2 heterocycles. The lowest BCUT2D eigenvalue weighted by atomic mass is 9.99. The van der Waals surface area contributed by atoms with E-state index in [1.54, 1.807) is 0 Å². The Bertz CT molecular complexity index is 2480. The lowest BCUT2D eigenvalue weighted by Crippen LogP contribution is -2.33. The van der Waals surface area contributed by atoms with Crippen LogP contribution in [0.5, 0.6) is 0 Å². The molecule has 3 nitrogen and oxygen atoms in total. The van der Waals surface area contributed by atoms with Crippen molar-refractivity contribution in [2.24, 2.45) is 9.98 Å². The predicted molar refractivity (Wildman–Crippen MR) is 200 cm³/mol. The summed E-state index contributed by atoms with van der Waals surface area (Å²) in [4.78, 5) is 10.2. The molecule has 0 spiro atoms. The normalized spacial score (nSPS) is 14.6. The smallest absolute Gasteiger partial charge is 0.159 e. The molecule has 222 valence electrons. The summed E-state index contributed by atoms with van der Waals surface area (Å²) in [7, 11) is 0. The van der Waals surface area contributed by atoms with Gasteiger partial charge in [-0.1, -0.05) is 146 Å². The first kappa shape index (κ1) is 27.5. The van der Waals surface area contributed by atoms with E-state index in [-0.39, 0.29) is 6.17 Å². The minimum atomic E-state index is -0.249. The number of thiophene rings is 1. The summed E-state index contributed by atoms with van der Waals surface area (Å²) >= 11 is 1.86. The van der Waals surface area contributed by atoms with Gasteiger partial charge in [0.2, 0.25) is 0 Å². The van der Waals surface area contributed by atoms with Crippen molar-refractivity contribution < 1.29 is 0 Å². The van der Waals surface area contributed by atoms with E-state index in [1.807, 2.05) is 23.5 Å². The molecule has 0 saturated carbocycles. The maximum atomic E-state index is 5.13. The number of aliphatic imine (C=N–C) groups is 2. The Morgan fingerprint density at radius 2 is 1.13 bits per heavy atom. The topological polar surface area (TPSA) is 36.8 Å². The Morgan fingerprint density at radius 3 is 1.98 bits per heavy atom. The van der Waals surface area contributed by atoms with Gasteiger partial charge < -0.3 is 5.32 Å². The zero-order chi connectivity index (χ0) is 31.2. The number of nitrogens with one attached hydrogen (secondary N) is 1. The SMILES string of the molecule is c1ccc(-c2ccc(C3=NC(c4cccc(-c5ccc6c(c5)sc5ccc7ccccc7c56)c4)=NC(c4ccccc4)N3)cc2)cc1. The quantitative estimate of drug-likeness (QED) is 0.204. The zero-order valence-electron chi connectivity index (χ0n) is 25.5. The van der Waals surface area contributed by atoms with E-state index in [0.29, 0.717) is 0 Å². The van der Waals surface area contributed by atoms with Crippen LogP contribution in [0.15, 0.2) is 174 Å². The second kappa shape index (κ2) is 11.5. The molecule has 1 aromatic heterocycles. The van der Waals surface area contributed by atoms with E-state index in [2.05, 4.69) is 157 Å². The molecule has 7 aromatic carbocycles. The van der Waals surface area contributed by atoms with Crippen LogP contribution < -0.4 is 5.32 Å². The molecule has 0 fully saturated rings. The van der Waals surface area contributed by atoms with E-state index in [1.165, 1.54) is 47.6 Å². The highest BCUT2D eigenvalue weighted by Gasteiger charge is 2.21. The lowest BCUT2D eigenvalue weighted by Gasteiger charge is -2.24. The van der Waals surface area contributed by atoms with Gasteiger partial charge in [-0.05, 0) is 56.8 Å². The standard InChI is InChI=1S/C43H29N3S/c1-3-10-28(11-4-1)29-18-20-32(21-19-29)42-44-41(31-13-5-2-6-14-31)45-43(46-42)35-16-9-15-33(26-35)34-22-24-37-39(27-34)47-38-25-23-30-12-7-8-17-36(30)40(37)38/h1-27,41H,(H,44,45,46). The van der Waals surface area contributed by atoms with Crippen LogP contribution in [0.4, 0.5) is 0 Å². The molecule has 0 radical (unpaired) electrons. The average molecular weight is 620 g/mol. The third kappa shape index (κ3) is 5.09. The highest BCUT2D eigenvalue weighted by atomic mass is 32.1. The van der Waals surface area contributed by atoms with Gasteiger partial charge in [0.25, 0.3) is 0 Å². The summed E-state index contributed by atoms with van der Waals surface area (Å²) in [6.07, 6.45) is -0.249. The fourth-order valence-electron chi connectivity index (χ4n) is 6.55. The van der Waals surface area contributed by atoms with Crippen molar-refractivity contribution in [3.8, 4) is 22.3 Å². The Kier molecular flexibility index (Phi) is 6.72. The number of hydrogen-bond donors (Lipinski definition) is 1. The first-order chi connectivity index (χ1) is 23.3. The van der Waals surface area contributed by atoms with Crippen LogP contribution in [0.25, 0.3) is 53.2 Å². The summed E-state index contributed by atoms with van der Waals surface area (Å²) in [5.41, 5.74) is 7.81. The van der Waals surface area contributed by atoms with Crippen LogP contribution in [-0.2, 0) is 0 Å². The van der Waals surface area contributed by atoms with Crippen molar-refractivity contribution in [3.63, 3.8) is 0 Å². The molecule has 1 atom stereocenters. The maximum absolute atomic E-state index is 5.13. The van der Waals surface area contributed by atoms with Gasteiger partial charge in [0.05, 0.1) is 0 Å². The van der Waals surface area contributed by atoms with Crippen LogP contribution >= 0.6 is 11.3 Å². The van der Waals surface area contributed by atoms with Crippen LogP contribution in [0.3, 0.4) is 0 Å². The van der Waals surface area contributed by atoms with Gasteiger partial charge in [-0.25, -0.2) is 9.98 Å². The number of fused-ring (bicyclic) bond motifs is 5. The molecule has 0 aliphatic carbocycles. The van der Waals surface area contributed by atoms with Crippen molar-refractivity contribution in [1.29, 1.82) is 0 Å². The Morgan fingerprint density at radius 1 is 0.468 bits per heavy atom. The Hall–Kier alpha value is -5.84. The van der Waals surface area contributed by atoms with Gasteiger partial charge in [0.1, 0.15) is 12.0 Å². The molecular weight excluding hydrogens is 591 g/mol. The second-order valence-corrected chi connectivity index (χ2v) is 13.0. The molecule has 1 N–H and O–H groups in total. The molecule has 1 aliphatic heterocycles. The molecule has 8 aromatic rings. The summed E-state index contributed by atoms with van der Waals surface area (Å²) < 4.78 is 2.61. The van der Waals surface area contributed by atoms with Crippen LogP contribution in [0, 0.1) is 0 Å². The number of rotatable bonds is 5. The minimum Gasteiger partial charge on any atom is -0.344 e. The molecule has 47 heavy (non-hydrogen) atoms. The minimum absolute atomic E-state index is 0.249. The number of amidine groups is 2. The summed E-state index contributed by atoms with van der Waals surface area (Å²) in [6.45, 7) is 0. The number of nitrogens with zero attached hydrogens (tertiary/aromatic N) is 2. The third-order valence-electron chi connectivity index (χ3n) is 8.94. The van der Waals surface area contributed by atoms with Crippen LogP contribution in [0.1, 0.15) is 22.9 Å². The highest BCUT2D eigenvalue weighted by Crippen LogP contribution is 2.40. The van der Waals surface area contributed by atoms with Crippen molar-refractivity contribution in [3.05, 3.63) is 180 Å². The summed E-state index contributed by atoms with van der Waals surface area (Å²) in [5, 5.41) is 8.84. The molecule has 1 aliphatic rings. The van der Waals surface area contributed by atoms with Gasteiger partial charge in [0.15, 0.2) is 5.84 Å². The summed E-state index contributed by atoms with van der Waals surface area (Å²) in [6, 6.07) is 58.0. The van der Waals surface area contributed by atoms with E-state index < -0.39 is 0 Å². The van der Waals surface area contributed by atoms with Crippen LogP contribution in [-0.4, -0.2) is 11.7 Å². The van der Waals surface area contributed by atoms with Crippen molar-refractivity contribution in [1.82, 2.24) is 5.32 Å². The highest BCUT2D eigenvalue weighted by molar-refractivity contribution is 7.26. The van der Waals surface area contributed by atoms with Gasteiger partial charge in [-0.2, -0.15) is 0 Å². The van der Waals surface area contributed by atoms with E-state index in [0.717, 1.165) is 33.9 Å². The van der Waals surface area contributed by atoms with Gasteiger partial charge in [0, 0.05) is 31.3 Å². The molecule has 9 rings (SSSR count). The number of hydrogen-bond acceptors (Lipinski definition) is 4. The fraction of sp³-hybridized carbons (Fsp3) is 0.0233. The first-order valence-electron chi connectivity index (χ1n) is 15.9. The average Bonchev–Trinajstić information content (AvgIpc) is 3.54. The Labute approximate surface area is 277 Å². The molecule has 1 unspecified atom stereocenters. The number of benzene rings is 7. The third-order valence-corrected chi connectivity index (χ3v) is 10.1. The van der Waals surface area contributed by atoms with Gasteiger partial charge in [-0.3, -0.25) is 0 Å². The molecule has 0 bridgehead atoms. The molecule has 0 amide bonds. The lowest BCUT2D eigenvalue weighted by molar-refractivity contribution is 0.674. The van der Waals surface area contributed by atoms with Crippen molar-refractivity contribution >= 4 is 54.0 Å². The molecule has 4 heteroatoms. The largest absolute Gasteiger partial charge is 0.344 e. The van der Waals surface area contributed by atoms with Gasteiger partial charge in [-0.15, -0.1) is 11.3 Å². The maximum Gasteiger partial charge on any atom is 0.159 e. The molecule has 0 saturated heterocycles. The van der Waals surface area contributed by atoms with E-state index in [4.69, 9.17) is 9.98 Å². The summed E-state index contributed by atoms with van der Waals surface area (Å²) in [5.74, 6) is 1.53. The monoisotopic (exact) mass is 619 g/mol. The predicted octanol–water partition coefficient (Wildman–Crippen LogP) is 11.0. The molecular formula is C43H29N3S. The van der Waals surface area contributed by atoms with Crippen molar-refractivity contribution in [2.45, 2.75) is 6.17 Å². The van der Waals surface area contributed by atoms with Crippen LogP contribution in [0.2, 0.25) is 0 Å². The second-order valence-electron chi connectivity index (χ2n) is 11.9.